The van der Waals surface area contributed by atoms with E-state index in [4.69, 9.17) is 0 Å². The van der Waals surface area contributed by atoms with Gasteiger partial charge in [-0.05, 0) is 60.2 Å². The molecule has 27 heavy (non-hydrogen) atoms. The monoisotopic (exact) mass is 348 g/mol. The highest BCUT2D eigenvalue weighted by Crippen LogP contribution is 2.35. The molecule has 132 valence electrons. The first-order valence-electron chi connectivity index (χ1n) is 9.45. The van der Waals surface area contributed by atoms with Crippen LogP contribution in [-0.4, -0.2) is 0 Å². The zero-order valence-electron chi connectivity index (χ0n) is 16.2. The van der Waals surface area contributed by atoms with Crippen molar-refractivity contribution in [2.75, 3.05) is 0 Å². The Morgan fingerprint density at radius 3 is 1.56 bits per heavy atom. The van der Waals surface area contributed by atoms with E-state index < -0.39 is 0 Å². The van der Waals surface area contributed by atoms with Crippen LogP contribution in [0.3, 0.4) is 0 Å². The molecule has 0 heteroatoms. The van der Waals surface area contributed by atoms with Crippen LogP contribution in [0.5, 0.6) is 0 Å². The topological polar surface area (TPSA) is 0 Å². The van der Waals surface area contributed by atoms with Gasteiger partial charge >= 0.3 is 0 Å². The molecular weight excluding hydrogens is 324 g/mol. The van der Waals surface area contributed by atoms with Gasteiger partial charge in [0.1, 0.15) is 0 Å². The Morgan fingerprint density at radius 1 is 0.370 bits per heavy atom. The predicted molar refractivity (Wildman–Crippen MR) is 117 cm³/mol. The second-order valence-corrected chi connectivity index (χ2v) is 7.37. The van der Waals surface area contributed by atoms with E-state index in [1.807, 2.05) is 0 Å². The molecule has 0 aliphatic carbocycles. The van der Waals surface area contributed by atoms with Crippen molar-refractivity contribution >= 4 is 0 Å². The van der Waals surface area contributed by atoms with Gasteiger partial charge in [0.2, 0.25) is 0 Å². The minimum atomic E-state index is 1.25. The smallest absolute Gasteiger partial charge is 0.0105 e. The summed E-state index contributed by atoms with van der Waals surface area (Å²) in [5.74, 6) is 0. The second kappa shape index (κ2) is 7.25. The molecule has 0 amide bonds. The highest BCUT2D eigenvalue weighted by Gasteiger charge is 2.09. The van der Waals surface area contributed by atoms with Crippen LogP contribution in [-0.2, 0) is 0 Å². The molecule has 0 unspecified atom stereocenters. The van der Waals surface area contributed by atoms with Gasteiger partial charge < -0.3 is 0 Å². The number of rotatable bonds is 3. The van der Waals surface area contributed by atoms with Crippen LogP contribution in [0.25, 0.3) is 33.4 Å². The van der Waals surface area contributed by atoms with Crippen LogP contribution in [0.4, 0.5) is 0 Å². The Balaban J connectivity index is 1.84. The molecule has 0 nitrogen and oxygen atoms in total. The summed E-state index contributed by atoms with van der Waals surface area (Å²) in [6.45, 7) is 6.47. The van der Waals surface area contributed by atoms with Crippen LogP contribution < -0.4 is 0 Å². The van der Waals surface area contributed by atoms with Crippen molar-refractivity contribution in [2.24, 2.45) is 0 Å². The predicted octanol–water partition coefficient (Wildman–Crippen LogP) is 7.61. The summed E-state index contributed by atoms with van der Waals surface area (Å²) in [7, 11) is 0. The lowest BCUT2D eigenvalue weighted by atomic mass is 9.91. The summed E-state index contributed by atoms with van der Waals surface area (Å²) < 4.78 is 0. The van der Waals surface area contributed by atoms with Crippen molar-refractivity contribution in [3.8, 4) is 33.4 Å². The van der Waals surface area contributed by atoms with Gasteiger partial charge in [-0.2, -0.15) is 0 Å². The largest absolute Gasteiger partial charge is 0.0616 e. The van der Waals surface area contributed by atoms with E-state index in [1.54, 1.807) is 0 Å². The Kier molecular flexibility index (Phi) is 4.64. The molecular formula is C27H24. The summed E-state index contributed by atoms with van der Waals surface area (Å²) in [4.78, 5) is 0. The molecule has 0 saturated carbocycles. The Morgan fingerprint density at radius 2 is 0.889 bits per heavy atom. The molecule has 0 aliphatic heterocycles. The lowest BCUT2D eigenvalue weighted by Gasteiger charge is -2.13. The average molecular weight is 348 g/mol. The van der Waals surface area contributed by atoms with Crippen molar-refractivity contribution in [1.82, 2.24) is 0 Å². The van der Waals surface area contributed by atoms with Crippen molar-refractivity contribution in [1.29, 1.82) is 0 Å². The number of hydrogen-bond acceptors (Lipinski definition) is 0. The summed E-state index contributed by atoms with van der Waals surface area (Å²) in [5, 5.41) is 0. The summed E-state index contributed by atoms with van der Waals surface area (Å²) in [6.07, 6.45) is 0. The molecule has 0 aromatic heterocycles. The standard InChI is InChI=1S/C27H24/c1-19-8-6-9-22(15-19)23-10-7-11-24(18-23)26-12-4-5-13-27(26)25-16-20(2)14-21(3)17-25/h4-18H,1-3H3. The Hall–Kier alpha value is -3.12. The zero-order chi connectivity index (χ0) is 18.8. The minimum absolute atomic E-state index is 1.25. The molecule has 0 saturated heterocycles. The maximum absolute atomic E-state index is 2.30. The van der Waals surface area contributed by atoms with Crippen molar-refractivity contribution < 1.29 is 0 Å². The van der Waals surface area contributed by atoms with Crippen LogP contribution >= 0.6 is 0 Å². The van der Waals surface area contributed by atoms with E-state index in [0.717, 1.165) is 0 Å². The Bertz CT molecular complexity index is 1080. The average Bonchev–Trinajstić information content (AvgIpc) is 2.67. The van der Waals surface area contributed by atoms with Gasteiger partial charge in [0.25, 0.3) is 0 Å². The summed E-state index contributed by atoms with van der Waals surface area (Å²) >= 11 is 0. The highest BCUT2D eigenvalue weighted by molar-refractivity contribution is 5.85. The van der Waals surface area contributed by atoms with Gasteiger partial charge in [0, 0.05) is 0 Å². The number of benzene rings is 4. The summed E-state index contributed by atoms with van der Waals surface area (Å²) in [5.41, 5.74) is 11.5. The van der Waals surface area contributed by atoms with Gasteiger partial charge in [-0.25, -0.2) is 0 Å². The van der Waals surface area contributed by atoms with Gasteiger partial charge in [-0.15, -0.1) is 0 Å². The fourth-order valence-corrected chi connectivity index (χ4v) is 3.81. The first kappa shape index (κ1) is 17.3. The van der Waals surface area contributed by atoms with Gasteiger partial charge in [-0.3, -0.25) is 0 Å². The van der Waals surface area contributed by atoms with E-state index in [9.17, 15) is 0 Å². The molecule has 4 aromatic rings. The van der Waals surface area contributed by atoms with Crippen molar-refractivity contribution in [2.45, 2.75) is 20.8 Å². The number of hydrogen-bond donors (Lipinski definition) is 0. The minimum Gasteiger partial charge on any atom is -0.0616 e. The van der Waals surface area contributed by atoms with Crippen LogP contribution in [0.15, 0.2) is 91.0 Å². The second-order valence-electron chi connectivity index (χ2n) is 7.37. The molecule has 0 heterocycles. The molecule has 4 rings (SSSR count). The van der Waals surface area contributed by atoms with Crippen LogP contribution in [0.2, 0.25) is 0 Å². The first-order chi connectivity index (χ1) is 13.1. The fraction of sp³-hybridized carbons (Fsp3) is 0.111. The number of aryl methyl sites for hydroxylation is 3. The first-order valence-corrected chi connectivity index (χ1v) is 9.45. The Labute approximate surface area is 162 Å². The molecule has 0 bridgehead atoms. The SMILES string of the molecule is Cc1cccc(-c2cccc(-c3ccccc3-c3cc(C)cc(C)c3)c2)c1. The van der Waals surface area contributed by atoms with E-state index >= 15 is 0 Å². The lowest BCUT2D eigenvalue weighted by molar-refractivity contribution is 1.38. The van der Waals surface area contributed by atoms with Crippen molar-refractivity contribution in [3.63, 3.8) is 0 Å². The zero-order valence-corrected chi connectivity index (χ0v) is 16.2. The third-order valence-corrected chi connectivity index (χ3v) is 4.98. The van der Waals surface area contributed by atoms with E-state index in [0.29, 0.717) is 0 Å². The quantitative estimate of drug-likeness (QED) is 0.357. The maximum atomic E-state index is 2.30. The third-order valence-electron chi connectivity index (χ3n) is 4.98. The van der Waals surface area contributed by atoms with E-state index in [1.165, 1.54) is 50.1 Å². The molecule has 0 spiro atoms. The molecule has 0 radical (unpaired) electrons. The van der Waals surface area contributed by atoms with Crippen LogP contribution in [0.1, 0.15) is 16.7 Å². The van der Waals surface area contributed by atoms with E-state index in [2.05, 4.69) is 112 Å². The maximum Gasteiger partial charge on any atom is -0.0105 e. The van der Waals surface area contributed by atoms with Gasteiger partial charge in [0.05, 0.1) is 0 Å². The van der Waals surface area contributed by atoms with Crippen molar-refractivity contribution in [3.05, 3.63) is 108 Å². The van der Waals surface area contributed by atoms with Gasteiger partial charge in [-0.1, -0.05) is 102 Å². The van der Waals surface area contributed by atoms with Crippen LogP contribution in [0, 0.1) is 20.8 Å². The highest BCUT2D eigenvalue weighted by atomic mass is 14.1. The molecule has 4 aromatic carbocycles. The molecule has 0 atom stereocenters. The fourth-order valence-electron chi connectivity index (χ4n) is 3.81. The lowest BCUT2D eigenvalue weighted by Crippen LogP contribution is -1.88. The summed E-state index contributed by atoms with van der Waals surface area (Å²) in [6, 6.07) is 33.0. The van der Waals surface area contributed by atoms with Gasteiger partial charge in [0.15, 0.2) is 0 Å². The normalized spacial score (nSPS) is 10.8. The molecule has 0 fully saturated rings. The third kappa shape index (κ3) is 3.71. The van der Waals surface area contributed by atoms with E-state index in [-0.39, 0.29) is 0 Å². The molecule has 0 N–H and O–H groups in total. The molecule has 0 aliphatic rings.